The van der Waals surface area contributed by atoms with Crippen molar-refractivity contribution in [2.75, 3.05) is 0 Å². The molecule has 0 amide bonds. The molecule has 94 valence electrons. The lowest BCUT2D eigenvalue weighted by molar-refractivity contribution is 0.596. The van der Waals surface area contributed by atoms with E-state index in [0.717, 1.165) is 11.3 Å². The van der Waals surface area contributed by atoms with Crippen molar-refractivity contribution in [1.82, 2.24) is 9.78 Å². The Morgan fingerprint density at radius 3 is 2.78 bits per heavy atom. The second kappa shape index (κ2) is 3.58. The summed E-state index contributed by atoms with van der Waals surface area (Å²) in [6.45, 7) is 1.95. The van der Waals surface area contributed by atoms with Crippen LogP contribution in [0.15, 0.2) is 29.1 Å². The molecule has 0 unspecified atom stereocenters. The van der Waals surface area contributed by atoms with E-state index in [1.165, 1.54) is 0 Å². The lowest BCUT2D eigenvalue weighted by Crippen LogP contribution is -2.11. The lowest BCUT2D eigenvalue weighted by Gasteiger charge is -2.06. The molecular weight excluding hydrogens is 252 g/mol. The van der Waals surface area contributed by atoms with Crippen molar-refractivity contribution in [3.8, 4) is 5.69 Å². The van der Waals surface area contributed by atoms with E-state index in [1.54, 1.807) is 4.68 Å². The third kappa shape index (κ3) is 1.69. The molecular formula is C12H12N2O3S. The predicted molar refractivity (Wildman–Crippen MR) is 67.5 cm³/mol. The quantitative estimate of drug-likeness (QED) is 0.832. The summed E-state index contributed by atoms with van der Waals surface area (Å²) in [6.07, 6.45) is 0. The Kier molecular flexibility index (Phi) is 2.25. The Morgan fingerprint density at radius 2 is 2.06 bits per heavy atom. The molecule has 1 aliphatic rings. The second-order valence-electron chi connectivity index (χ2n) is 4.57. The molecule has 0 fully saturated rings. The molecule has 0 radical (unpaired) electrons. The maximum Gasteiger partial charge on any atom is 0.268 e. The maximum absolute atomic E-state index is 11.7. The van der Waals surface area contributed by atoms with Crippen LogP contribution in [-0.4, -0.2) is 18.2 Å². The van der Waals surface area contributed by atoms with Gasteiger partial charge in [0.15, 0.2) is 9.84 Å². The summed E-state index contributed by atoms with van der Waals surface area (Å²) in [6, 6.07) is 7.57. The lowest BCUT2D eigenvalue weighted by atomic mass is 10.2. The first kappa shape index (κ1) is 11.3. The van der Waals surface area contributed by atoms with Crippen LogP contribution < -0.4 is 5.56 Å². The molecule has 6 heteroatoms. The normalized spacial score (nSPS) is 16.7. The fraction of sp³-hybridized carbons (Fsp3) is 0.250. The van der Waals surface area contributed by atoms with Gasteiger partial charge in [0, 0.05) is 0 Å². The van der Waals surface area contributed by atoms with Gasteiger partial charge in [0.1, 0.15) is 0 Å². The highest BCUT2D eigenvalue weighted by molar-refractivity contribution is 7.90. The van der Waals surface area contributed by atoms with E-state index < -0.39 is 9.84 Å². The zero-order chi connectivity index (χ0) is 12.9. The molecule has 3 rings (SSSR count). The molecule has 2 heterocycles. The summed E-state index contributed by atoms with van der Waals surface area (Å²) < 4.78 is 24.7. The van der Waals surface area contributed by atoms with Gasteiger partial charge in [-0.2, -0.15) is 0 Å². The predicted octanol–water partition coefficient (Wildman–Crippen LogP) is 0.902. The highest BCUT2D eigenvalue weighted by Crippen LogP contribution is 2.24. The Balaban J connectivity index is 2.23. The Morgan fingerprint density at radius 1 is 1.28 bits per heavy atom. The molecule has 0 atom stereocenters. The maximum atomic E-state index is 11.7. The molecule has 0 saturated carbocycles. The minimum atomic E-state index is -3.17. The standard InChI is InChI=1S/C12H12N2O3S/c1-8-3-2-4-9(5-8)14-11-7-18(16,17)6-10(11)12(15)13-14/h2-5H,6-7H2,1H3,(H,13,15). The summed E-state index contributed by atoms with van der Waals surface area (Å²) >= 11 is 0. The number of aromatic amines is 1. The zero-order valence-electron chi connectivity index (χ0n) is 9.80. The molecule has 1 aliphatic heterocycles. The SMILES string of the molecule is Cc1cccc(-n2[nH]c(=O)c3c2CS(=O)(=O)C3)c1. The molecule has 5 nitrogen and oxygen atoms in total. The molecule has 0 spiro atoms. The number of hydrogen-bond donors (Lipinski definition) is 1. The minimum Gasteiger partial charge on any atom is -0.268 e. The van der Waals surface area contributed by atoms with E-state index in [0.29, 0.717) is 11.3 Å². The molecule has 2 aromatic rings. The van der Waals surface area contributed by atoms with Gasteiger partial charge in [-0.1, -0.05) is 12.1 Å². The van der Waals surface area contributed by atoms with Crippen molar-refractivity contribution in [1.29, 1.82) is 0 Å². The Bertz CT molecular complexity index is 784. The summed E-state index contributed by atoms with van der Waals surface area (Å²) in [5.41, 5.74) is 2.46. The number of rotatable bonds is 1. The summed E-state index contributed by atoms with van der Waals surface area (Å²) in [5, 5.41) is 2.69. The molecule has 18 heavy (non-hydrogen) atoms. The Labute approximate surface area is 104 Å². The first-order valence-electron chi connectivity index (χ1n) is 5.56. The number of nitrogens with one attached hydrogen (secondary N) is 1. The fourth-order valence-corrected chi connectivity index (χ4v) is 3.83. The number of sulfone groups is 1. The van der Waals surface area contributed by atoms with E-state index in [2.05, 4.69) is 5.10 Å². The van der Waals surface area contributed by atoms with E-state index in [9.17, 15) is 13.2 Å². The van der Waals surface area contributed by atoms with Gasteiger partial charge in [0.2, 0.25) is 0 Å². The first-order chi connectivity index (χ1) is 8.46. The van der Waals surface area contributed by atoms with Gasteiger partial charge in [-0.25, -0.2) is 8.42 Å². The fourth-order valence-electron chi connectivity index (χ4n) is 2.27. The average molecular weight is 264 g/mol. The highest BCUT2D eigenvalue weighted by atomic mass is 32.2. The number of aryl methyl sites for hydroxylation is 1. The zero-order valence-corrected chi connectivity index (χ0v) is 10.6. The third-order valence-electron chi connectivity index (χ3n) is 3.09. The molecule has 0 aliphatic carbocycles. The van der Waals surface area contributed by atoms with Gasteiger partial charge in [-0.3, -0.25) is 14.6 Å². The van der Waals surface area contributed by atoms with Crippen LogP contribution in [0.1, 0.15) is 16.8 Å². The number of nitrogens with zero attached hydrogens (tertiary/aromatic N) is 1. The number of hydrogen-bond acceptors (Lipinski definition) is 3. The van der Waals surface area contributed by atoms with E-state index in [1.807, 2.05) is 31.2 Å². The second-order valence-corrected chi connectivity index (χ2v) is 6.64. The van der Waals surface area contributed by atoms with Crippen molar-refractivity contribution in [2.45, 2.75) is 18.4 Å². The largest absolute Gasteiger partial charge is 0.268 e. The molecule has 1 N–H and O–H groups in total. The molecule has 0 bridgehead atoms. The minimum absolute atomic E-state index is 0.0744. The van der Waals surface area contributed by atoms with Crippen LogP contribution >= 0.6 is 0 Å². The first-order valence-corrected chi connectivity index (χ1v) is 7.39. The Hall–Kier alpha value is -1.82. The number of benzene rings is 1. The topological polar surface area (TPSA) is 71.9 Å². The van der Waals surface area contributed by atoms with Crippen LogP contribution in [-0.2, 0) is 21.3 Å². The van der Waals surface area contributed by atoms with Crippen LogP contribution in [0.4, 0.5) is 0 Å². The number of aromatic nitrogens is 2. The van der Waals surface area contributed by atoms with Gasteiger partial charge in [-0.15, -0.1) is 0 Å². The molecule has 0 saturated heterocycles. The number of fused-ring (bicyclic) bond motifs is 1. The van der Waals surface area contributed by atoms with Crippen LogP contribution in [0.2, 0.25) is 0 Å². The summed E-state index contributed by atoms with van der Waals surface area (Å²) in [4.78, 5) is 11.7. The molecule has 1 aromatic heterocycles. The van der Waals surface area contributed by atoms with Crippen molar-refractivity contribution < 1.29 is 8.42 Å². The van der Waals surface area contributed by atoms with Crippen LogP contribution in [0.25, 0.3) is 5.69 Å². The van der Waals surface area contributed by atoms with Crippen LogP contribution in [0.5, 0.6) is 0 Å². The highest BCUT2D eigenvalue weighted by Gasteiger charge is 2.31. The van der Waals surface area contributed by atoms with Crippen molar-refractivity contribution in [2.24, 2.45) is 0 Å². The van der Waals surface area contributed by atoms with Crippen molar-refractivity contribution >= 4 is 9.84 Å². The van der Waals surface area contributed by atoms with Crippen LogP contribution in [0.3, 0.4) is 0 Å². The van der Waals surface area contributed by atoms with Gasteiger partial charge in [0.05, 0.1) is 28.5 Å². The van der Waals surface area contributed by atoms with Gasteiger partial charge >= 0.3 is 0 Å². The molecule has 1 aromatic carbocycles. The van der Waals surface area contributed by atoms with Gasteiger partial charge < -0.3 is 0 Å². The number of H-pyrrole nitrogens is 1. The van der Waals surface area contributed by atoms with Gasteiger partial charge in [-0.05, 0) is 24.6 Å². The summed E-state index contributed by atoms with van der Waals surface area (Å²) in [5.74, 6) is -0.231. The van der Waals surface area contributed by atoms with Crippen LogP contribution in [0, 0.1) is 6.92 Å². The van der Waals surface area contributed by atoms with E-state index >= 15 is 0 Å². The summed E-state index contributed by atoms with van der Waals surface area (Å²) in [7, 11) is -3.17. The van der Waals surface area contributed by atoms with Crippen molar-refractivity contribution in [3.05, 3.63) is 51.4 Å². The van der Waals surface area contributed by atoms with E-state index in [-0.39, 0.29) is 17.1 Å². The van der Waals surface area contributed by atoms with Crippen molar-refractivity contribution in [3.63, 3.8) is 0 Å². The monoisotopic (exact) mass is 264 g/mol. The third-order valence-corrected chi connectivity index (χ3v) is 4.53. The average Bonchev–Trinajstić information content (AvgIpc) is 2.74. The smallest absolute Gasteiger partial charge is 0.268 e. The van der Waals surface area contributed by atoms with Gasteiger partial charge in [0.25, 0.3) is 5.56 Å². The van der Waals surface area contributed by atoms with E-state index in [4.69, 9.17) is 0 Å².